The summed E-state index contributed by atoms with van der Waals surface area (Å²) in [6.07, 6.45) is 2.76. The maximum Gasteiger partial charge on any atom is 0.123 e. The van der Waals surface area contributed by atoms with Gasteiger partial charge in [-0.15, -0.1) is 0 Å². The van der Waals surface area contributed by atoms with Gasteiger partial charge >= 0.3 is 0 Å². The molecule has 1 aromatic carbocycles. The summed E-state index contributed by atoms with van der Waals surface area (Å²) >= 11 is 0. The van der Waals surface area contributed by atoms with E-state index in [0.29, 0.717) is 19.8 Å². The molecule has 0 aromatic heterocycles. The Bertz CT molecular complexity index is 400. The van der Waals surface area contributed by atoms with Gasteiger partial charge in [-0.1, -0.05) is 18.2 Å². The average Bonchev–Trinajstić information content (AvgIpc) is 2.43. The summed E-state index contributed by atoms with van der Waals surface area (Å²) in [5.74, 6) is 0.854. The zero-order chi connectivity index (χ0) is 14.4. The van der Waals surface area contributed by atoms with Gasteiger partial charge in [0.15, 0.2) is 0 Å². The first-order valence-corrected chi connectivity index (χ1v) is 7.37. The summed E-state index contributed by atoms with van der Waals surface area (Å²) in [6, 6.07) is 7.85. The van der Waals surface area contributed by atoms with Crippen molar-refractivity contribution in [1.29, 1.82) is 0 Å². The number of rotatable bonds is 6. The smallest absolute Gasteiger partial charge is 0.123 e. The molecule has 0 spiro atoms. The third kappa shape index (κ3) is 4.47. The van der Waals surface area contributed by atoms with Crippen molar-refractivity contribution in [2.24, 2.45) is 5.73 Å². The molecule has 0 saturated carbocycles. The molecule has 1 aromatic rings. The SMILES string of the molecule is CC1CC(OCCOc2ccccc2CN)CC(C)O1. The molecule has 1 aliphatic rings. The Morgan fingerprint density at radius 1 is 1.15 bits per heavy atom. The van der Waals surface area contributed by atoms with E-state index in [1.54, 1.807) is 0 Å². The van der Waals surface area contributed by atoms with Crippen molar-refractivity contribution >= 4 is 0 Å². The Kier molecular flexibility index (Phi) is 5.83. The Morgan fingerprint density at radius 3 is 2.55 bits per heavy atom. The van der Waals surface area contributed by atoms with Crippen molar-refractivity contribution in [3.8, 4) is 5.75 Å². The number of para-hydroxylation sites is 1. The Labute approximate surface area is 121 Å². The molecule has 4 nitrogen and oxygen atoms in total. The van der Waals surface area contributed by atoms with Crippen LogP contribution in [0.25, 0.3) is 0 Å². The molecule has 112 valence electrons. The molecular weight excluding hydrogens is 254 g/mol. The standard InChI is InChI=1S/C16H25NO3/c1-12-9-15(10-13(2)20-12)18-7-8-19-16-6-4-3-5-14(16)11-17/h3-6,12-13,15H,7-11,17H2,1-2H3. The molecule has 2 N–H and O–H groups in total. The van der Waals surface area contributed by atoms with Gasteiger partial charge in [-0.25, -0.2) is 0 Å². The van der Waals surface area contributed by atoms with Gasteiger partial charge in [0.2, 0.25) is 0 Å². The van der Waals surface area contributed by atoms with E-state index in [4.69, 9.17) is 19.9 Å². The van der Waals surface area contributed by atoms with Gasteiger partial charge in [0.1, 0.15) is 12.4 Å². The average molecular weight is 279 g/mol. The zero-order valence-corrected chi connectivity index (χ0v) is 12.4. The lowest BCUT2D eigenvalue weighted by Crippen LogP contribution is -2.34. The summed E-state index contributed by atoms with van der Waals surface area (Å²) in [7, 11) is 0. The first-order chi connectivity index (χ1) is 9.69. The number of benzene rings is 1. The van der Waals surface area contributed by atoms with Crippen molar-refractivity contribution < 1.29 is 14.2 Å². The fourth-order valence-electron chi connectivity index (χ4n) is 2.66. The maximum atomic E-state index is 5.88. The van der Waals surface area contributed by atoms with Crippen LogP contribution >= 0.6 is 0 Å². The minimum absolute atomic E-state index is 0.280. The molecule has 2 unspecified atom stereocenters. The van der Waals surface area contributed by atoms with E-state index in [1.165, 1.54) is 0 Å². The van der Waals surface area contributed by atoms with Crippen molar-refractivity contribution in [3.63, 3.8) is 0 Å². The molecule has 0 aliphatic carbocycles. The second-order valence-electron chi connectivity index (χ2n) is 5.38. The second kappa shape index (κ2) is 7.62. The van der Waals surface area contributed by atoms with Gasteiger partial charge in [-0.05, 0) is 32.8 Å². The van der Waals surface area contributed by atoms with Crippen molar-refractivity contribution in [2.45, 2.75) is 51.5 Å². The molecule has 2 rings (SSSR count). The molecular formula is C16H25NO3. The minimum atomic E-state index is 0.280. The van der Waals surface area contributed by atoms with Crippen LogP contribution in [0.5, 0.6) is 5.75 Å². The van der Waals surface area contributed by atoms with Crippen molar-refractivity contribution in [2.75, 3.05) is 13.2 Å². The Balaban J connectivity index is 1.71. The van der Waals surface area contributed by atoms with Crippen LogP contribution in [0.2, 0.25) is 0 Å². The topological polar surface area (TPSA) is 53.7 Å². The van der Waals surface area contributed by atoms with E-state index in [1.807, 2.05) is 24.3 Å². The van der Waals surface area contributed by atoms with Crippen LogP contribution in [0.4, 0.5) is 0 Å². The second-order valence-corrected chi connectivity index (χ2v) is 5.38. The molecule has 20 heavy (non-hydrogen) atoms. The Morgan fingerprint density at radius 2 is 1.85 bits per heavy atom. The highest BCUT2D eigenvalue weighted by atomic mass is 16.5. The molecule has 0 radical (unpaired) electrons. The van der Waals surface area contributed by atoms with Crippen LogP contribution in [0.3, 0.4) is 0 Å². The van der Waals surface area contributed by atoms with Crippen LogP contribution in [0.15, 0.2) is 24.3 Å². The summed E-state index contributed by atoms with van der Waals surface area (Å²) < 4.78 is 17.3. The maximum absolute atomic E-state index is 5.88. The molecule has 1 heterocycles. The minimum Gasteiger partial charge on any atom is -0.491 e. The fraction of sp³-hybridized carbons (Fsp3) is 0.625. The molecule has 1 saturated heterocycles. The molecule has 2 atom stereocenters. The van der Waals surface area contributed by atoms with Gasteiger partial charge in [0.05, 0.1) is 24.9 Å². The van der Waals surface area contributed by atoms with E-state index in [2.05, 4.69) is 13.8 Å². The molecule has 0 amide bonds. The van der Waals surface area contributed by atoms with E-state index in [9.17, 15) is 0 Å². The predicted octanol–water partition coefficient (Wildman–Crippen LogP) is 2.50. The van der Waals surface area contributed by atoms with Crippen LogP contribution < -0.4 is 10.5 Å². The first kappa shape index (κ1) is 15.3. The lowest BCUT2D eigenvalue weighted by Gasteiger charge is -2.31. The van der Waals surface area contributed by atoms with Crippen LogP contribution in [-0.4, -0.2) is 31.5 Å². The lowest BCUT2D eigenvalue weighted by molar-refractivity contribution is -0.104. The first-order valence-electron chi connectivity index (χ1n) is 7.37. The number of nitrogens with two attached hydrogens (primary N) is 1. The van der Waals surface area contributed by atoms with Gasteiger partial charge < -0.3 is 19.9 Å². The van der Waals surface area contributed by atoms with Crippen molar-refractivity contribution in [1.82, 2.24) is 0 Å². The molecule has 1 fully saturated rings. The van der Waals surface area contributed by atoms with E-state index in [-0.39, 0.29) is 18.3 Å². The van der Waals surface area contributed by atoms with Gasteiger partial charge in [0.25, 0.3) is 0 Å². The Hall–Kier alpha value is -1.10. The predicted molar refractivity (Wildman–Crippen MR) is 78.8 cm³/mol. The largest absolute Gasteiger partial charge is 0.491 e. The van der Waals surface area contributed by atoms with E-state index < -0.39 is 0 Å². The summed E-state index contributed by atoms with van der Waals surface area (Å²) in [6.45, 7) is 5.84. The summed E-state index contributed by atoms with van der Waals surface area (Å²) in [4.78, 5) is 0. The number of hydrogen-bond acceptors (Lipinski definition) is 4. The summed E-state index contributed by atoms with van der Waals surface area (Å²) in [5, 5.41) is 0. The monoisotopic (exact) mass is 279 g/mol. The van der Waals surface area contributed by atoms with Gasteiger partial charge in [-0.3, -0.25) is 0 Å². The summed E-state index contributed by atoms with van der Waals surface area (Å²) in [5.41, 5.74) is 6.71. The normalized spacial score (nSPS) is 26.4. The molecule has 4 heteroatoms. The fourth-order valence-corrected chi connectivity index (χ4v) is 2.66. The third-order valence-electron chi connectivity index (χ3n) is 3.54. The highest BCUT2D eigenvalue weighted by molar-refractivity contribution is 5.32. The number of ether oxygens (including phenoxy) is 3. The molecule has 1 aliphatic heterocycles. The third-order valence-corrected chi connectivity index (χ3v) is 3.54. The van der Waals surface area contributed by atoms with Gasteiger partial charge in [-0.2, -0.15) is 0 Å². The van der Waals surface area contributed by atoms with Crippen LogP contribution in [0.1, 0.15) is 32.3 Å². The van der Waals surface area contributed by atoms with Gasteiger partial charge in [0, 0.05) is 12.1 Å². The number of hydrogen-bond donors (Lipinski definition) is 1. The van der Waals surface area contributed by atoms with Crippen LogP contribution in [0, 0.1) is 0 Å². The highest BCUT2D eigenvalue weighted by Crippen LogP contribution is 2.22. The van der Waals surface area contributed by atoms with Crippen LogP contribution in [-0.2, 0) is 16.0 Å². The quantitative estimate of drug-likeness (QED) is 0.813. The highest BCUT2D eigenvalue weighted by Gasteiger charge is 2.24. The lowest BCUT2D eigenvalue weighted by atomic mass is 10.0. The van der Waals surface area contributed by atoms with E-state index in [0.717, 1.165) is 24.2 Å². The van der Waals surface area contributed by atoms with Crippen molar-refractivity contribution in [3.05, 3.63) is 29.8 Å². The zero-order valence-electron chi connectivity index (χ0n) is 12.4. The van der Waals surface area contributed by atoms with E-state index >= 15 is 0 Å². The molecule has 0 bridgehead atoms.